The number of nitrogens with zero attached hydrogens (tertiary/aromatic N) is 1. The number of carbonyl (C=O) groups is 1. The zero-order valence-electron chi connectivity index (χ0n) is 17.9. The minimum absolute atomic E-state index is 0.106. The summed E-state index contributed by atoms with van der Waals surface area (Å²) >= 11 is 3.52. The van der Waals surface area contributed by atoms with E-state index in [2.05, 4.69) is 32.5 Å². The Bertz CT molecular complexity index is 1100. The highest BCUT2D eigenvalue weighted by molar-refractivity contribution is 9.10. The molecule has 0 aliphatic carbocycles. The van der Waals surface area contributed by atoms with Gasteiger partial charge in [0.1, 0.15) is 12.4 Å². The van der Waals surface area contributed by atoms with Crippen LogP contribution in [0.25, 0.3) is 0 Å². The Morgan fingerprint density at radius 3 is 2.53 bits per heavy atom. The molecule has 0 saturated carbocycles. The molecule has 0 fully saturated rings. The third-order valence-electron chi connectivity index (χ3n) is 4.51. The molecule has 3 aromatic carbocycles. The molecule has 1 N–H and O–H groups in total. The number of ether oxygens (including phenoxy) is 2. The van der Waals surface area contributed by atoms with Crippen LogP contribution >= 0.6 is 15.9 Å². The van der Waals surface area contributed by atoms with Gasteiger partial charge in [-0.3, -0.25) is 4.79 Å². The average Bonchev–Trinajstić information content (AvgIpc) is 2.76. The van der Waals surface area contributed by atoms with Gasteiger partial charge < -0.3 is 9.47 Å². The molecule has 32 heavy (non-hydrogen) atoms. The molecule has 0 radical (unpaired) electrons. The smallest absolute Gasteiger partial charge is 0.244 e. The second kappa shape index (κ2) is 11.4. The van der Waals surface area contributed by atoms with Crippen molar-refractivity contribution in [3.05, 3.63) is 93.2 Å². The molecule has 5 nitrogen and oxygen atoms in total. The van der Waals surface area contributed by atoms with E-state index in [0.717, 1.165) is 15.6 Å². The summed E-state index contributed by atoms with van der Waals surface area (Å²) in [6.45, 7) is 4.84. The molecule has 7 heteroatoms. The molecular weight excluding hydrogens is 475 g/mol. The van der Waals surface area contributed by atoms with Crippen LogP contribution in [0.2, 0.25) is 0 Å². The van der Waals surface area contributed by atoms with Crippen molar-refractivity contribution in [2.75, 3.05) is 6.61 Å². The predicted molar refractivity (Wildman–Crippen MR) is 127 cm³/mol. The van der Waals surface area contributed by atoms with Gasteiger partial charge >= 0.3 is 0 Å². The second-order valence-electron chi connectivity index (χ2n) is 7.13. The summed E-state index contributed by atoms with van der Waals surface area (Å²) in [5.41, 5.74) is 6.15. The number of rotatable bonds is 9. The zero-order valence-corrected chi connectivity index (χ0v) is 19.5. The van der Waals surface area contributed by atoms with Crippen molar-refractivity contribution in [2.45, 2.75) is 26.9 Å². The Kier molecular flexibility index (Phi) is 8.39. The quantitative estimate of drug-likeness (QED) is 0.310. The summed E-state index contributed by atoms with van der Waals surface area (Å²) in [6.07, 6.45) is 1.63. The first-order chi connectivity index (χ1) is 15.4. The Balaban J connectivity index is 1.66. The lowest BCUT2D eigenvalue weighted by atomic mass is 10.1. The molecule has 0 unspecified atom stereocenters. The number of aryl methyl sites for hydroxylation is 1. The van der Waals surface area contributed by atoms with Crippen molar-refractivity contribution in [3.8, 4) is 11.5 Å². The van der Waals surface area contributed by atoms with Crippen molar-refractivity contribution in [1.82, 2.24) is 5.43 Å². The zero-order chi connectivity index (χ0) is 22.9. The van der Waals surface area contributed by atoms with Gasteiger partial charge in [-0.25, -0.2) is 9.82 Å². The fourth-order valence-corrected chi connectivity index (χ4v) is 3.42. The van der Waals surface area contributed by atoms with Crippen molar-refractivity contribution >= 4 is 28.1 Å². The van der Waals surface area contributed by atoms with Crippen LogP contribution in [0, 0.1) is 12.7 Å². The van der Waals surface area contributed by atoms with Crippen LogP contribution in [0.4, 0.5) is 4.39 Å². The molecule has 166 valence electrons. The summed E-state index contributed by atoms with van der Waals surface area (Å²) in [5, 5.41) is 4.03. The first-order valence-corrected chi connectivity index (χ1v) is 10.9. The summed E-state index contributed by atoms with van der Waals surface area (Å²) in [6, 6.07) is 17.5. The SMILES string of the molecule is CCOc1cc(/C=N/NC(=O)Cc2ccc(F)cc2)c(Br)cc1OCc1cccc(C)c1. The predicted octanol–water partition coefficient (Wildman–Crippen LogP) is 5.57. The summed E-state index contributed by atoms with van der Waals surface area (Å²) in [4.78, 5) is 12.1. The van der Waals surface area contributed by atoms with E-state index in [-0.39, 0.29) is 18.1 Å². The van der Waals surface area contributed by atoms with Crippen LogP contribution < -0.4 is 14.9 Å². The molecule has 0 atom stereocenters. The van der Waals surface area contributed by atoms with Crippen LogP contribution in [0.15, 0.2) is 70.2 Å². The van der Waals surface area contributed by atoms with Crippen molar-refractivity contribution in [2.24, 2.45) is 5.10 Å². The van der Waals surface area contributed by atoms with E-state index in [9.17, 15) is 9.18 Å². The Morgan fingerprint density at radius 1 is 1.06 bits per heavy atom. The van der Waals surface area contributed by atoms with E-state index in [1.807, 2.05) is 38.1 Å². The summed E-state index contributed by atoms with van der Waals surface area (Å²) in [5.74, 6) is 0.556. The highest BCUT2D eigenvalue weighted by Crippen LogP contribution is 2.34. The number of hydrogen-bond acceptors (Lipinski definition) is 4. The third kappa shape index (κ3) is 6.92. The van der Waals surface area contributed by atoms with Gasteiger partial charge in [-0.15, -0.1) is 0 Å². The van der Waals surface area contributed by atoms with Gasteiger partial charge in [0.05, 0.1) is 19.2 Å². The fourth-order valence-electron chi connectivity index (χ4n) is 2.99. The molecule has 3 rings (SSSR count). The van der Waals surface area contributed by atoms with Crippen molar-refractivity contribution in [1.29, 1.82) is 0 Å². The molecule has 0 bridgehead atoms. The number of nitrogens with one attached hydrogen (secondary N) is 1. The Hall–Kier alpha value is -3.19. The lowest BCUT2D eigenvalue weighted by Crippen LogP contribution is -2.19. The van der Waals surface area contributed by atoms with E-state index in [4.69, 9.17) is 9.47 Å². The average molecular weight is 499 g/mol. The standard InChI is InChI=1S/C25H24BrFN2O3/c1-3-31-23-13-20(15-28-29-25(30)12-18-7-9-21(27)10-8-18)22(26)14-24(23)32-16-19-6-4-5-17(2)11-19/h4-11,13-15H,3,12,16H2,1-2H3,(H,29,30)/b28-15+. The molecule has 1 amide bonds. The van der Waals surface area contributed by atoms with E-state index in [1.54, 1.807) is 18.2 Å². The normalized spacial score (nSPS) is 10.9. The van der Waals surface area contributed by atoms with E-state index < -0.39 is 0 Å². The number of halogens is 2. The summed E-state index contributed by atoms with van der Waals surface area (Å²) < 4.78 is 25.4. The maximum Gasteiger partial charge on any atom is 0.244 e. The topological polar surface area (TPSA) is 59.9 Å². The van der Waals surface area contributed by atoms with Crippen molar-refractivity contribution < 1.29 is 18.7 Å². The Morgan fingerprint density at radius 2 is 1.81 bits per heavy atom. The van der Waals surface area contributed by atoms with Crippen LogP contribution in [-0.4, -0.2) is 18.7 Å². The van der Waals surface area contributed by atoms with Gasteiger partial charge in [-0.2, -0.15) is 5.10 Å². The highest BCUT2D eigenvalue weighted by Gasteiger charge is 2.11. The number of hydrazone groups is 1. The number of amides is 1. The van der Waals surface area contributed by atoms with Crippen LogP contribution in [0.1, 0.15) is 29.2 Å². The number of carbonyl (C=O) groups excluding carboxylic acids is 1. The Labute approximate surface area is 195 Å². The first-order valence-electron chi connectivity index (χ1n) is 10.2. The van der Waals surface area contributed by atoms with Crippen molar-refractivity contribution in [3.63, 3.8) is 0 Å². The van der Waals surface area contributed by atoms with Gasteiger partial charge in [-0.05, 0) is 65.2 Å². The van der Waals surface area contributed by atoms with E-state index in [1.165, 1.54) is 23.9 Å². The monoisotopic (exact) mass is 498 g/mol. The lowest BCUT2D eigenvalue weighted by Gasteiger charge is -2.14. The molecule has 0 aromatic heterocycles. The first kappa shape index (κ1) is 23.5. The number of benzene rings is 3. The van der Waals surface area contributed by atoms with Crippen LogP contribution in [0.5, 0.6) is 11.5 Å². The van der Waals surface area contributed by atoms with Gasteiger partial charge in [0.15, 0.2) is 11.5 Å². The molecule has 0 heterocycles. The van der Waals surface area contributed by atoms with Crippen LogP contribution in [-0.2, 0) is 17.8 Å². The number of hydrogen-bond donors (Lipinski definition) is 1. The molecule has 0 saturated heterocycles. The molecule has 0 aliphatic rings. The summed E-state index contributed by atoms with van der Waals surface area (Å²) in [7, 11) is 0. The van der Waals surface area contributed by atoms with E-state index >= 15 is 0 Å². The molecular formula is C25H24BrFN2O3. The minimum Gasteiger partial charge on any atom is -0.490 e. The van der Waals surface area contributed by atoms with Gasteiger partial charge in [0.25, 0.3) is 0 Å². The largest absolute Gasteiger partial charge is 0.490 e. The maximum absolute atomic E-state index is 13.0. The minimum atomic E-state index is -0.339. The van der Waals surface area contributed by atoms with E-state index in [0.29, 0.717) is 30.3 Å². The lowest BCUT2D eigenvalue weighted by molar-refractivity contribution is -0.120. The molecule has 0 spiro atoms. The maximum atomic E-state index is 13.0. The fraction of sp³-hybridized carbons (Fsp3) is 0.200. The second-order valence-corrected chi connectivity index (χ2v) is 7.98. The highest BCUT2D eigenvalue weighted by atomic mass is 79.9. The van der Waals surface area contributed by atoms with Crippen LogP contribution in [0.3, 0.4) is 0 Å². The van der Waals surface area contributed by atoms with Gasteiger partial charge in [-0.1, -0.05) is 42.0 Å². The van der Waals surface area contributed by atoms with Gasteiger partial charge in [0.2, 0.25) is 5.91 Å². The molecule has 3 aromatic rings. The molecule has 0 aliphatic heterocycles. The van der Waals surface area contributed by atoms with Gasteiger partial charge in [0, 0.05) is 10.0 Å². The third-order valence-corrected chi connectivity index (χ3v) is 5.20.